The highest BCUT2D eigenvalue weighted by Crippen LogP contribution is 2.19. The summed E-state index contributed by atoms with van der Waals surface area (Å²) in [5, 5.41) is 12.2. The fraction of sp³-hybridized carbons (Fsp3) is 0.250. The van der Waals surface area contributed by atoms with Crippen molar-refractivity contribution in [2.45, 2.75) is 20.4 Å². The van der Waals surface area contributed by atoms with Gasteiger partial charge >= 0.3 is 5.97 Å². The lowest BCUT2D eigenvalue weighted by Gasteiger charge is -2.09. The first-order valence-electron chi connectivity index (χ1n) is 5.40. The molecule has 0 aliphatic heterocycles. The molecule has 0 aliphatic rings. The van der Waals surface area contributed by atoms with Crippen LogP contribution in [0.4, 0.5) is 5.69 Å². The van der Waals surface area contributed by atoms with Gasteiger partial charge in [0.15, 0.2) is 0 Å². The standard InChI is InChI=1S/C12H13N3O2S/c1-7-3-10(9(4-13-7)12(16)17)14-5-11-8(2)15-6-18-11/h3-4,6H,5H2,1-2H3,(H,13,14)(H,16,17). The zero-order chi connectivity index (χ0) is 13.1. The summed E-state index contributed by atoms with van der Waals surface area (Å²) in [7, 11) is 0. The molecule has 18 heavy (non-hydrogen) atoms. The summed E-state index contributed by atoms with van der Waals surface area (Å²) in [6, 6.07) is 1.74. The van der Waals surface area contributed by atoms with Gasteiger partial charge in [0.05, 0.1) is 23.4 Å². The van der Waals surface area contributed by atoms with Crippen molar-refractivity contribution in [2.75, 3.05) is 5.32 Å². The predicted molar refractivity (Wildman–Crippen MR) is 70.1 cm³/mol. The number of thiazole rings is 1. The molecular weight excluding hydrogens is 250 g/mol. The van der Waals surface area contributed by atoms with E-state index in [1.807, 2.05) is 13.8 Å². The number of rotatable bonds is 4. The molecule has 2 heterocycles. The fourth-order valence-corrected chi connectivity index (χ4v) is 2.26. The van der Waals surface area contributed by atoms with Crippen LogP contribution in [0.15, 0.2) is 17.8 Å². The molecular formula is C12H13N3O2S. The average molecular weight is 263 g/mol. The van der Waals surface area contributed by atoms with Crippen LogP contribution in [0.3, 0.4) is 0 Å². The molecule has 0 amide bonds. The Balaban J connectivity index is 2.20. The number of pyridine rings is 1. The van der Waals surface area contributed by atoms with Crippen LogP contribution in [0.1, 0.15) is 26.6 Å². The third-order valence-electron chi connectivity index (χ3n) is 2.56. The zero-order valence-electron chi connectivity index (χ0n) is 10.1. The molecule has 0 spiro atoms. The van der Waals surface area contributed by atoms with Crippen LogP contribution in [0, 0.1) is 13.8 Å². The van der Waals surface area contributed by atoms with E-state index in [2.05, 4.69) is 15.3 Å². The molecule has 6 heteroatoms. The second-order valence-corrected chi connectivity index (χ2v) is 4.83. The Morgan fingerprint density at radius 2 is 2.22 bits per heavy atom. The number of aromatic nitrogens is 2. The van der Waals surface area contributed by atoms with Gasteiger partial charge in [0.2, 0.25) is 0 Å². The Morgan fingerprint density at radius 1 is 1.44 bits per heavy atom. The second kappa shape index (κ2) is 5.14. The van der Waals surface area contributed by atoms with E-state index >= 15 is 0 Å². The number of carbonyl (C=O) groups is 1. The predicted octanol–water partition coefficient (Wildman–Crippen LogP) is 2.47. The minimum atomic E-state index is -0.981. The number of nitrogens with one attached hydrogen (secondary N) is 1. The van der Waals surface area contributed by atoms with E-state index in [1.54, 1.807) is 22.9 Å². The summed E-state index contributed by atoms with van der Waals surface area (Å²) in [4.78, 5) is 20.3. The highest BCUT2D eigenvalue weighted by molar-refractivity contribution is 7.09. The van der Waals surface area contributed by atoms with Gasteiger partial charge in [-0.3, -0.25) is 4.98 Å². The highest BCUT2D eigenvalue weighted by atomic mass is 32.1. The summed E-state index contributed by atoms with van der Waals surface area (Å²) in [5.41, 5.74) is 4.30. The van der Waals surface area contributed by atoms with Crippen molar-refractivity contribution in [1.29, 1.82) is 0 Å². The van der Waals surface area contributed by atoms with E-state index < -0.39 is 5.97 Å². The maximum atomic E-state index is 11.1. The topological polar surface area (TPSA) is 75.1 Å². The molecule has 0 bridgehead atoms. The average Bonchev–Trinajstić information content (AvgIpc) is 2.72. The van der Waals surface area contributed by atoms with Crippen LogP contribution < -0.4 is 5.32 Å². The Hall–Kier alpha value is -1.95. The lowest BCUT2D eigenvalue weighted by Crippen LogP contribution is -2.07. The lowest BCUT2D eigenvalue weighted by atomic mass is 10.2. The van der Waals surface area contributed by atoms with Gasteiger partial charge in [0.25, 0.3) is 0 Å². The molecule has 94 valence electrons. The molecule has 5 nitrogen and oxygen atoms in total. The second-order valence-electron chi connectivity index (χ2n) is 3.89. The molecule has 0 saturated carbocycles. The number of anilines is 1. The van der Waals surface area contributed by atoms with Crippen molar-refractivity contribution >= 4 is 23.0 Å². The molecule has 0 fully saturated rings. The van der Waals surface area contributed by atoms with Crippen LogP contribution in [-0.2, 0) is 6.54 Å². The highest BCUT2D eigenvalue weighted by Gasteiger charge is 2.11. The maximum Gasteiger partial charge on any atom is 0.339 e. The van der Waals surface area contributed by atoms with Crippen molar-refractivity contribution in [3.8, 4) is 0 Å². The van der Waals surface area contributed by atoms with E-state index in [9.17, 15) is 4.79 Å². The normalized spacial score (nSPS) is 10.3. The Kier molecular flexibility index (Phi) is 3.57. The van der Waals surface area contributed by atoms with Gasteiger partial charge in [0, 0.05) is 16.8 Å². The number of hydrogen-bond acceptors (Lipinski definition) is 5. The van der Waals surface area contributed by atoms with Crippen LogP contribution in [0.5, 0.6) is 0 Å². The summed E-state index contributed by atoms with van der Waals surface area (Å²) < 4.78 is 0. The lowest BCUT2D eigenvalue weighted by molar-refractivity contribution is 0.0697. The first-order valence-corrected chi connectivity index (χ1v) is 6.28. The number of carboxylic acids is 1. The smallest absolute Gasteiger partial charge is 0.339 e. The quantitative estimate of drug-likeness (QED) is 0.886. The number of nitrogens with zero attached hydrogens (tertiary/aromatic N) is 2. The third kappa shape index (κ3) is 2.65. The molecule has 2 aromatic rings. The van der Waals surface area contributed by atoms with Gasteiger partial charge in [-0.1, -0.05) is 0 Å². The Bertz CT molecular complexity index is 580. The van der Waals surface area contributed by atoms with Gasteiger partial charge in [-0.25, -0.2) is 9.78 Å². The Morgan fingerprint density at radius 3 is 2.83 bits per heavy atom. The van der Waals surface area contributed by atoms with E-state index in [4.69, 9.17) is 5.11 Å². The van der Waals surface area contributed by atoms with Gasteiger partial charge in [0.1, 0.15) is 5.56 Å². The summed E-state index contributed by atoms with van der Waals surface area (Å²) >= 11 is 1.55. The number of aryl methyl sites for hydroxylation is 2. The molecule has 0 aromatic carbocycles. The molecule has 2 N–H and O–H groups in total. The van der Waals surface area contributed by atoms with Gasteiger partial charge in [-0.05, 0) is 19.9 Å². The molecule has 2 aromatic heterocycles. The van der Waals surface area contributed by atoms with E-state index in [0.717, 1.165) is 16.3 Å². The van der Waals surface area contributed by atoms with Crippen molar-refractivity contribution in [3.05, 3.63) is 39.6 Å². The summed E-state index contributed by atoms with van der Waals surface area (Å²) in [5.74, 6) is -0.981. The van der Waals surface area contributed by atoms with Gasteiger partial charge in [-0.2, -0.15) is 0 Å². The molecule has 0 unspecified atom stereocenters. The number of carboxylic acid groups (broad SMARTS) is 1. The molecule has 2 rings (SSSR count). The largest absolute Gasteiger partial charge is 0.478 e. The number of hydrogen-bond donors (Lipinski definition) is 2. The fourth-order valence-electron chi connectivity index (χ4n) is 1.55. The minimum absolute atomic E-state index is 0.183. The Labute approximate surface area is 109 Å². The van der Waals surface area contributed by atoms with Crippen LogP contribution in [-0.4, -0.2) is 21.0 Å². The maximum absolute atomic E-state index is 11.1. The summed E-state index contributed by atoms with van der Waals surface area (Å²) in [6.45, 7) is 4.33. The van der Waals surface area contributed by atoms with Gasteiger partial charge in [-0.15, -0.1) is 11.3 Å². The third-order valence-corrected chi connectivity index (χ3v) is 3.49. The number of aromatic carboxylic acids is 1. The first kappa shape index (κ1) is 12.5. The van der Waals surface area contributed by atoms with E-state index in [1.165, 1.54) is 6.20 Å². The van der Waals surface area contributed by atoms with Crippen molar-refractivity contribution < 1.29 is 9.90 Å². The molecule has 0 atom stereocenters. The van der Waals surface area contributed by atoms with Crippen LogP contribution in [0.2, 0.25) is 0 Å². The van der Waals surface area contributed by atoms with Crippen molar-refractivity contribution in [2.24, 2.45) is 0 Å². The van der Waals surface area contributed by atoms with E-state index in [-0.39, 0.29) is 5.56 Å². The molecule has 0 radical (unpaired) electrons. The zero-order valence-corrected chi connectivity index (χ0v) is 10.9. The minimum Gasteiger partial charge on any atom is -0.478 e. The van der Waals surface area contributed by atoms with Crippen LogP contribution in [0.25, 0.3) is 0 Å². The van der Waals surface area contributed by atoms with Gasteiger partial charge < -0.3 is 10.4 Å². The van der Waals surface area contributed by atoms with E-state index in [0.29, 0.717) is 12.2 Å². The van der Waals surface area contributed by atoms with Crippen LogP contribution >= 0.6 is 11.3 Å². The van der Waals surface area contributed by atoms with Crippen molar-refractivity contribution in [3.63, 3.8) is 0 Å². The van der Waals surface area contributed by atoms with Crippen molar-refractivity contribution in [1.82, 2.24) is 9.97 Å². The monoisotopic (exact) mass is 263 g/mol. The molecule has 0 aliphatic carbocycles. The molecule has 0 saturated heterocycles. The first-order chi connectivity index (χ1) is 8.58. The summed E-state index contributed by atoms with van der Waals surface area (Å²) in [6.07, 6.45) is 1.37. The SMILES string of the molecule is Cc1cc(NCc2scnc2C)c(C(=O)O)cn1.